The normalized spacial score (nSPS) is 9.89. The number of rotatable bonds is 3. The second-order valence-corrected chi connectivity index (χ2v) is 3.85. The molecule has 5 nitrogen and oxygen atoms in total. The summed E-state index contributed by atoms with van der Waals surface area (Å²) in [6.07, 6.45) is 2.04. The highest BCUT2D eigenvalue weighted by Gasteiger charge is 2.18. The van der Waals surface area contributed by atoms with E-state index in [2.05, 4.69) is 0 Å². The summed E-state index contributed by atoms with van der Waals surface area (Å²) in [5.41, 5.74) is 0.894. The fraction of sp³-hybridized carbons (Fsp3) is 0.0714. The molecule has 0 radical (unpaired) electrons. The Hall–Kier alpha value is -2.69. The molecule has 1 aromatic heterocycles. The molecule has 2 aromatic rings. The molecule has 5 heteroatoms. The zero-order valence-corrected chi connectivity index (χ0v) is 10.0. The maximum absolute atomic E-state index is 11.7. The van der Waals surface area contributed by atoms with Gasteiger partial charge in [0.15, 0.2) is 12.4 Å². The van der Waals surface area contributed by atoms with Crippen LogP contribution in [0.3, 0.4) is 0 Å². The number of nitrogens with zero attached hydrogens (tertiary/aromatic N) is 1. The minimum Gasteiger partial charge on any atom is -0.477 e. The van der Waals surface area contributed by atoms with Crippen molar-refractivity contribution >= 4 is 12.1 Å². The SMILES string of the molecule is O=C(O)c1ccc[n+](C(=O)OCc2ccccc2)c1. The molecule has 0 fully saturated rings. The van der Waals surface area contributed by atoms with Crippen LogP contribution in [0.25, 0.3) is 0 Å². The zero-order chi connectivity index (χ0) is 13.7. The largest absolute Gasteiger partial charge is 0.602 e. The number of aromatic nitrogens is 1. The lowest BCUT2D eigenvalue weighted by Crippen LogP contribution is -2.43. The van der Waals surface area contributed by atoms with Gasteiger partial charge in [-0.3, -0.25) is 0 Å². The van der Waals surface area contributed by atoms with Crippen LogP contribution in [0.1, 0.15) is 15.9 Å². The van der Waals surface area contributed by atoms with Gasteiger partial charge in [0.1, 0.15) is 12.2 Å². The van der Waals surface area contributed by atoms with E-state index in [0.29, 0.717) is 0 Å². The van der Waals surface area contributed by atoms with Gasteiger partial charge >= 0.3 is 12.1 Å². The van der Waals surface area contributed by atoms with Crippen molar-refractivity contribution in [2.75, 3.05) is 0 Å². The minimum atomic E-state index is -1.09. The number of aromatic carboxylic acids is 1. The van der Waals surface area contributed by atoms with E-state index in [4.69, 9.17) is 9.84 Å². The first-order valence-electron chi connectivity index (χ1n) is 5.62. The van der Waals surface area contributed by atoms with E-state index in [0.717, 1.165) is 10.1 Å². The number of carboxylic acids is 1. The van der Waals surface area contributed by atoms with Gasteiger partial charge in [-0.2, -0.15) is 4.79 Å². The van der Waals surface area contributed by atoms with Crippen LogP contribution in [0.15, 0.2) is 54.9 Å². The Bertz CT molecular complexity index is 595. The van der Waals surface area contributed by atoms with Gasteiger partial charge in [-0.25, -0.2) is 4.79 Å². The number of pyridine rings is 1. The molecule has 1 aromatic carbocycles. The predicted octanol–water partition coefficient (Wildman–Crippen LogP) is 1.86. The second kappa shape index (κ2) is 5.77. The lowest BCUT2D eigenvalue weighted by molar-refractivity contribution is -0.586. The van der Waals surface area contributed by atoms with E-state index in [1.165, 1.54) is 24.5 Å². The van der Waals surface area contributed by atoms with Crippen LogP contribution >= 0.6 is 0 Å². The molecular weight excluding hydrogens is 246 g/mol. The van der Waals surface area contributed by atoms with E-state index in [-0.39, 0.29) is 12.2 Å². The van der Waals surface area contributed by atoms with Crippen molar-refractivity contribution in [3.63, 3.8) is 0 Å². The highest BCUT2D eigenvalue weighted by Crippen LogP contribution is 2.01. The number of ether oxygens (including phenoxy) is 1. The molecule has 0 spiro atoms. The first kappa shape index (κ1) is 12.8. The Morgan fingerprint density at radius 3 is 2.53 bits per heavy atom. The van der Waals surface area contributed by atoms with Crippen LogP contribution in [-0.4, -0.2) is 17.2 Å². The Balaban J connectivity index is 2.04. The van der Waals surface area contributed by atoms with Crippen molar-refractivity contribution in [1.82, 2.24) is 0 Å². The predicted molar refractivity (Wildman–Crippen MR) is 65.6 cm³/mol. The van der Waals surface area contributed by atoms with Crippen LogP contribution in [-0.2, 0) is 11.3 Å². The second-order valence-electron chi connectivity index (χ2n) is 3.85. The van der Waals surface area contributed by atoms with E-state index in [9.17, 15) is 9.59 Å². The standard InChI is InChI=1S/C14H11NO4/c16-13(17)12-7-4-8-15(9-12)14(18)19-10-11-5-2-1-3-6-11/h1-9H,10H2/p+1. The van der Waals surface area contributed by atoms with Crippen molar-refractivity contribution in [1.29, 1.82) is 0 Å². The molecule has 0 saturated carbocycles. The van der Waals surface area contributed by atoms with Crippen LogP contribution in [0.4, 0.5) is 4.79 Å². The summed E-state index contributed by atoms with van der Waals surface area (Å²) in [5, 5.41) is 8.83. The molecule has 2 rings (SSSR count). The molecule has 1 N–H and O–H groups in total. The van der Waals surface area contributed by atoms with E-state index in [1.54, 1.807) is 0 Å². The molecule has 1 heterocycles. The van der Waals surface area contributed by atoms with Gasteiger partial charge in [-0.05, 0) is 11.6 Å². The Labute approximate surface area is 109 Å². The van der Waals surface area contributed by atoms with E-state index >= 15 is 0 Å². The van der Waals surface area contributed by atoms with Gasteiger partial charge in [-0.1, -0.05) is 34.9 Å². The Morgan fingerprint density at radius 1 is 1.11 bits per heavy atom. The van der Waals surface area contributed by atoms with Crippen molar-refractivity contribution < 1.29 is 24.0 Å². The quantitative estimate of drug-likeness (QED) is 0.853. The van der Waals surface area contributed by atoms with Gasteiger partial charge in [0, 0.05) is 6.07 Å². The molecule has 0 amide bonds. The number of carboxylic acid groups (broad SMARTS) is 1. The lowest BCUT2D eigenvalue weighted by atomic mass is 10.2. The third-order valence-electron chi connectivity index (χ3n) is 2.46. The zero-order valence-electron chi connectivity index (χ0n) is 10.0. The molecule has 0 aliphatic heterocycles. The highest BCUT2D eigenvalue weighted by atomic mass is 16.5. The van der Waals surface area contributed by atoms with Gasteiger partial charge in [-0.15, -0.1) is 0 Å². The molecular formula is C14H12NO4+. The summed E-state index contributed by atoms with van der Waals surface area (Å²) >= 11 is 0. The van der Waals surface area contributed by atoms with E-state index in [1.807, 2.05) is 30.3 Å². The van der Waals surface area contributed by atoms with E-state index < -0.39 is 12.1 Å². The molecule has 96 valence electrons. The number of benzene rings is 1. The first-order chi connectivity index (χ1) is 9.16. The summed E-state index contributed by atoms with van der Waals surface area (Å²) in [6, 6.07) is 12.1. The number of carbonyl (C=O) groups is 2. The summed E-state index contributed by atoms with van der Waals surface area (Å²) in [7, 11) is 0. The van der Waals surface area contributed by atoms with Gasteiger partial charge in [0.05, 0.1) is 0 Å². The lowest BCUT2D eigenvalue weighted by Gasteiger charge is -2.00. The third-order valence-corrected chi connectivity index (χ3v) is 2.46. The van der Waals surface area contributed by atoms with Crippen LogP contribution < -0.4 is 4.57 Å². The molecule has 0 aliphatic rings. The van der Waals surface area contributed by atoms with Crippen LogP contribution in [0.2, 0.25) is 0 Å². The first-order valence-corrected chi connectivity index (χ1v) is 5.62. The van der Waals surface area contributed by atoms with Crippen molar-refractivity contribution in [2.24, 2.45) is 0 Å². The molecule has 0 saturated heterocycles. The summed E-state index contributed by atoms with van der Waals surface area (Å²) in [4.78, 5) is 22.5. The fourth-order valence-corrected chi connectivity index (χ4v) is 1.51. The van der Waals surface area contributed by atoms with Crippen molar-refractivity contribution in [3.05, 3.63) is 66.0 Å². The Morgan fingerprint density at radius 2 is 1.84 bits per heavy atom. The van der Waals surface area contributed by atoms with Gasteiger partial charge in [0.25, 0.3) is 0 Å². The van der Waals surface area contributed by atoms with Crippen molar-refractivity contribution in [2.45, 2.75) is 6.61 Å². The molecule has 0 bridgehead atoms. The topological polar surface area (TPSA) is 67.5 Å². The maximum Gasteiger partial charge on any atom is 0.602 e. The smallest absolute Gasteiger partial charge is 0.477 e. The maximum atomic E-state index is 11.7. The summed E-state index contributed by atoms with van der Waals surface area (Å²) in [5.74, 6) is -1.09. The average Bonchev–Trinajstić information content (AvgIpc) is 2.46. The number of hydrogen-bond acceptors (Lipinski definition) is 3. The average molecular weight is 258 g/mol. The summed E-state index contributed by atoms with van der Waals surface area (Å²) in [6.45, 7) is 0.143. The van der Waals surface area contributed by atoms with Crippen molar-refractivity contribution in [3.8, 4) is 0 Å². The van der Waals surface area contributed by atoms with Gasteiger partial charge < -0.3 is 9.84 Å². The monoisotopic (exact) mass is 258 g/mol. The van der Waals surface area contributed by atoms with Crippen LogP contribution in [0.5, 0.6) is 0 Å². The Kier molecular flexibility index (Phi) is 3.87. The molecule has 0 unspecified atom stereocenters. The number of hydrogen-bond donors (Lipinski definition) is 1. The molecule has 0 aliphatic carbocycles. The minimum absolute atomic E-state index is 0.0270. The third kappa shape index (κ3) is 3.38. The molecule has 0 atom stereocenters. The van der Waals surface area contributed by atoms with Gasteiger partial charge in [0.2, 0.25) is 0 Å². The molecule has 19 heavy (non-hydrogen) atoms. The van der Waals surface area contributed by atoms with Crippen LogP contribution in [0, 0.1) is 0 Å². The highest BCUT2D eigenvalue weighted by molar-refractivity contribution is 5.86. The number of carbonyl (C=O) groups excluding carboxylic acids is 1. The summed E-state index contributed by atoms with van der Waals surface area (Å²) < 4.78 is 6.18. The fourth-order valence-electron chi connectivity index (χ4n) is 1.51.